The number of ether oxygens (including phenoxy) is 1. The number of hydrogen-bond donors (Lipinski definition) is 1. The van der Waals surface area contributed by atoms with Crippen LogP contribution in [0.4, 0.5) is 19.4 Å². The molecular weight excluding hydrogens is 279 g/mol. The normalized spacial score (nSPS) is 19.1. The molecule has 0 radical (unpaired) electrons. The van der Waals surface area contributed by atoms with Gasteiger partial charge in [-0.2, -0.15) is 0 Å². The lowest BCUT2D eigenvalue weighted by Gasteiger charge is -2.41. The van der Waals surface area contributed by atoms with Gasteiger partial charge in [-0.3, -0.25) is 0 Å². The number of fused-ring (bicyclic) bond motifs is 1. The number of halogens is 5. The lowest BCUT2D eigenvalue weighted by molar-refractivity contribution is 0.331. The second-order valence-electron chi connectivity index (χ2n) is 3.83. The van der Waals surface area contributed by atoms with Crippen LogP contribution < -0.4 is 4.74 Å². The minimum atomic E-state index is -9.71. The minimum absolute atomic E-state index is 0.0483. The van der Waals surface area contributed by atoms with Crippen LogP contribution in [0.15, 0.2) is 29.2 Å². The molecule has 0 spiro atoms. The van der Waals surface area contributed by atoms with Crippen molar-refractivity contribution in [2.45, 2.75) is 4.90 Å². The highest BCUT2D eigenvalue weighted by atomic mass is 32.5. The third kappa shape index (κ3) is 2.44. The van der Waals surface area contributed by atoms with Crippen LogP contribution >= 0.6 is 10.2 Å². The largest absolute Gasteiger partial charge is 0.489 e. The Kier molecular flexibility index (Phi) is 2.33. The summed E-state index contributed by atoms with van der Waals surface area (Å²) in [4.78, 5) is -1.99. The zero-order valence-electron chi connectivity index (χ0n) is 8.88. The van der Waals surface area contributed by atoms with Crippen LogP contribution in [0.25, 0.3) is 5.57 Å². The van der Waals surface area contributed by atoms with E-state index in [0.29, 0.717) is 12.1 Å². The van der Waals surface area contributed by atoms with E-state index in [4.69, 9.17) is 9.84 Å². The fourth-order valence-electron chi connectivity index (χ4n) is 1.62. The Morgan fingerprint density at radius 2 is 1.83 bits per heavy atom. The molecule has 0 fully saturated rings. The van der Waals surface area contributed by atoms with E-state index in [1.807, 2.05) is 0 Å². The van der Waals surface area contributed by atoms with Crippen LogP contribution in [0.1, 0.15) is 5.56 Å². The van der Waals surface area contributed by atoms with Gasteiger partial charge in [0.15, 0.2) is 0 Å². The molecule has 1 aromatic carbocycles. The number of hydrogen-bond acceptors (Lipinski definition) is 2. The standard InChI is InChI=1S/C10H9F5O2S/c11-18(12,13,14,15)8-1-2-10-9(5-8)7(6-16)3-4-17-10/h1-3,5,16H,4,6H2. The molecule has 0 unspecified atom stereocenters. The van der Waals surface area contributed by atoms with Crippen molar-refractivity contribution in [1.29, 1.82) is 0 Å². The molecule has 2 nitrogen and oxygen atoms in total. The summed E-state index contributed by atoms with van der Waals surface area (Å²) in [5.41, 5.74) is -0.0190. The van der Waals surface area contributed by atoms with E-state index >= 15 is 0 Å². The maximum absolute atomic E-state index is 12.6. The van der Waals surface area contributed by atoms with Crippen molar-refractivity contribution in [3.63, 3.8) is 0 Å². The SMILES string of the molecule is OCC1=CCOc2ccc(S(F)(F)(F)(F)F)cc21. The fraction of sp³-hybridized carbons (Fsp3) is 0.200. The smallest absolute Gasteiger partial charge is 0.310 e. The van der Waals surface area contributed by atoms with Crippen molar-refractivity contribution in [3.8, 4) is 5.75 Å². The lowest BCUT2D eigenvalue weighted by atomic mass is 10.0. The van der Waals surface area contributed by atoms with Crippen molar-refractivity contribution in [2.24, 2.45) is 0 Å². The van der Waals surface area contributed by atoms with E-state index in [0.717, 1.165) is 6.07 Å². The van der Waals surface area contributed by atoms with Gasteiger partial charge in [-0.05, 0) is 29.8 Å². The first-order valence-corrected chi connectivity index (χ1v) is 6.77. The molecular formula is C10H9F5O2S. The Hall–Kier alpha value is -1.28. The van der Waals surface area contributed by atoms with E-state index < -0.39 is 21.7 Å². The number of benzene rings is 1. The fourth-order valence-corrected chi connectivity index (χ4v) is 2.28. The minimum Gasteiger partial charge on any atom is -0.489 e. The zero-order valence-corrected chi connectivity index (χ0v) is 9.69. The van der Waals surface area contributed by atoms with Gasteiger partial charge in [0, 0.05) is 5.56 Å². The third-order valence-electron chi connectivity index (χ3n) is 2.48. The molecule has 2 rings (SSSR count). The van der Waals surface area contributed by atoms with E-state index in [2.05, 4.69) is 0 Å². The molecule has 1 N–H and O–H groups in total. The highest BCUT2D eigenvalue weighted by molar-refractivity contribution is 8.45. The molecule has 0 aromatic heterocycles. The van der Waals surface area contributed by atoms with Gasteiger partial charge in [0.2, 0.25) is 0 Å². The van der Waals surface area contributed by atoms with E-state index in [9.17, 15) is 19.4 Å². The molecule has 1 heterocycles. The van der Waals surface area contributed by atoms with E-state index in [-0.39, 0.29) is 23.5 Å². The summed E-state index contributed by atoms with van der Waals surface area (Å²) in [5, 5.41) is 8.98. The van der Waals surface area contributed by atoms with Gasteiger partial charge in [-0.1, -0.05) is 19.4 Å². The van der Waals surface area contributed by atoms with Crippen molar-refractivity contribution >= 4 is 15.8 Å². The Bertz CT molecular complexity index is 535. The Balaban J connectivity index is 2.63. The Labute approximate surface area is 99.4 Å². The average Bonchev–Trinajstić information content (AvgIpc) is 2.24. The molecule has 1 aliphatic rings. The highest BCUT2D eigenvalue weighted by Crippen LogP contribution is 3.02. The molecule has 1 aliphatic heterocycles. The van der Waals surface area contributed by atoms with Gasteiger partial charge in [0.1, 0.15) is 17.3 Å². The first-order valence-electron chi connectivity index (χ1n) is 4.82. The summed E-state index contributed by atoms with van der Waals surface area (Å²) in [7, 11) is -9.71. The van der Waals surface area contributed by atoms with Crippen molar-refractivity contribution in [2.75, 3.05) is 13.2 Å². The van der Waals surface area contributed by atoms with Crippen molar-refractivity contribution in [3.05, 3.63) is 29.8 Å². The summed E-state index contributed by atoms with van der Waals surface area (Å²) in [6.45, 7) is -0.460. The van der Waals surface area contributed by atoms with Crippen LogP contribution in [0.3, 0.4) is 0 Å². The van der Waals surface area contributed by atoms with Crippen LogP contribution in [-0.2, 0) is 0 Å². The van der Waals surface area contributed by atoms with Crippen LogP contribution in [0, 0.1) is 0 Å². The quantitative estimate of drug-likeness (QED) is 0.830. The van der Waals surface area contributed by atoms with Gasteiger partial charge in [-0.25, -0.2) is 0 Å². The number of aliphatic hydroxyl groups is 1. The van der Waals surface area contributed by atoms with Crippen molar-refractivity contribution in [1.82, 2.24) is 0 Å². The zero-order chi connectivity index (χ0) is 13.7. The average molecular weight is 288 g/mol. The van der Waals surface area contributed by atoms with Crippen LogP contribution in [-0.4, -0.2) is 18.3 Å². The van der Waals surface area contributed by atoms with Crippen LogP contribution in [0.2, 0.25) is 0 Å². The summed E-state index contributed by atoms with van der Waals surface area (Å²) in [6.07, 6.45) is 1.34. The first-order chi connectivity index (χ1) is 8.01. The van der Waals surface area contributed by atoms with Gasteiger partial charge < -0.3 is 9.84 Å². The van der Waals surface area contributed by atoms with Crippen LogP contribution in [0.5, 0.6) is 5.75 Å². The Morgan fingerprint density at radius 1 is 1.17 bits per heavy atom. The molecule has 0 atom stereocenters. The molecule has 0 bridgehead atoms. The lowest BCUT2D eigenvalue weighted by Crippen LogP contribution is -2.10. The summed E-state index contributed by atoms with van der Waals surface area (Å²) in [5.74, 6) is 0.0483. The van der Waals surface area contributed by atoms with Crippen molar-refractivity contribution < 1.29 is 29.3 Å². The number of aliphatic hydroxyl groups excluding tert-OH is 1. The van der Waals surface area contributed by atoms with Gasteiger partial charge >= 0.3 is 10.2 Å². The molecule has 0 saturated carbocycles. The molecule has 102 valence electrons. The predicted octanol–water partition coefficient (Wildman–Crippen LogP) is 4.11. The third-order valence-corrected chi connectivity index (χ3v) is 3.63. The second kappa shape index (κ2) is 3.18. The summed E-state index contributed by atoms with van der Waals surface area (Å²) >= 11 is 0. The van der Waals surface area contributed by atoms with Gasteiger partial charge in [-0.15, -0.1) is 0 Å². The molecule has 18 heavy (non-hydrogen) atoms. The summed E-state index contributed by atoms with van der Waals surface area (Å²) in [6, 6.07) is 1.45. The summed E-state index contributed by atoms with van der Waals surface area (Å²) < 4.78 is 68.1. The molecule has 8 heteroatoms. The molecule has 1 aromatic rings. The van der Waals surface area contributed by atoms with E-state index in [1.54, 1.807) is 0 Å². The predicted molar refractivity (Wildman–Crippen MR) is 58.4 cm³/mol. The maximum atomic E-state index is 12.6. The molecule has 0 saturated heterocycles. The topological polar surface area (TPSA) is 29.5 Å². The van der Waals surface area contributed by atoms with E-state index in [1.165, 1.54) is 6.08 Å². The van der Waals surface area contributed by atoms with Gasteiger partial charge in [0.05, 0.1) is 6.61 Å². The molecule has 0 amide bonds. The molecule has 0 aliphatic carbocycles. The second-order valence-corrected chi connectivity index (χ2v) is 6.23. The van der Waals surface area contributed by atoms with Gasteiger partial charge in [0.25, 0.3) is 0 Å². The first kappa shape index (κ1) is 13.2. The highest BCUT2D eigenvalue weighted by Gasteiger charge is 2.65. The Morgan fingerprint density at radius 3 is 2.39 bits per heavy atom. The maximum Gasteiger partial charge on any atom is 0.310 e. The monoisotopic (exact) mass is 288 g/mol. The number of rotatable bonds is 2.